The van der Waals surface area contributed by atoms with Crippen LogP contribution in [0, 0.1) is 12.7 Å². The molecule has 158 valence electrons. The van der Waals surface area contributed by atoms with E-state index in [1.807, 2.05) is 6.07 Å². The van der Waals surface area contributed by atoms with Gasteiger partial charge in [-0.1, -0.05) is 47.6 Å². The van der Waals surface area contributed by atoms with Gasteiger partial charge in [-0.2, -0.15) is 4.98 Å². The van der Waals surface area contributed by atoms with Crippen molar-refractivity contribution in [1.82, 2.24) is 19.9 Å². The first-order valence-corrected chi connectivity index (χ1v) is 10.7. The Hall–Kier alpha value is -2.57. The Kier molecular flexibility index (Phi) is 6.87. The summed E-state index contributed by atoms with van der Waals surface area (Å²) in [5.41, 5.74) is 2.65. The van der Waals surface area contributed by atoms with E-state index in [9.17, 15) is 4.39 Å². The van der Waals surface area contributed by atoms with Gasteiger partial charge in [-0.15, -0.1) is 0 Å². The molecule has 6 heteroatoms. The number of rotatable bonds is 7. The third-order valence-corrected chi connectivity index (χ3v) is 5.69. The minimum absolute atomic E-state index is 0.249. The summed E-state index contributed by atoms with van der Waals surface area (Å²) in [6.45, 7) is 8.25. The normalized spacial score (nSPS) is 15.9. The average molecular weight is 409 g/mol. The van der Waals surface area contributed by atoms with E-state index < -0.39 is 0 Å². The van der Waals surface area contributed by atoms with Crippen LogP contribution in [0.3, 0.4) is 0 Å². The van der Waals surface area contributed by atoms with Gasteiger partial charge < -0.3 is 9.42 Å². The first-order chi connectivity index (χ1) is 14.7. The largest absolute Gasteiger partial charge is 0.339 e. The highest BCUT2D eigenvalue weighted by Crippen LogP contribution is 2.19. The number of nitrogens with zero attached hydrogens (tertiary/aromatic N) is 4. The molecule has 0 amide bonds. The van der Waals surface area contributed by atoms with Crippen LogP contribution in [-0.2, 0) is 13.0 Å². The third-order valence-electron chi connectivity index (χ3n) is 5.69. The molecule has 30 heavy (non-hydrogen) atoms. The maximum absolute atomic E-state index is 13.8. The van der Waals surface area contributed by atoms with Crippen molar-refractivity contribution < 1.29 is 8.91 Å². The van der Waals surface area contributed by atoms with Crippen molar-refractivity contribution in [2.75, 3.05) is 32.7 Å². The summed E-state index contributed by atoms with van der Waals surface area (Å²) in [6, 6.07) is 15.7. The minimum Gasteiger partial charge on any atom is -0.339 e. The van der Waals surface area contributed by atoms with E-state index in [1.165, 1.54) is 18.1 Å². The zero-order valence-electron chi connectivity index (χ0n) is 17.6. The van der Waals surface area contributed by atoms with E-state index in [2.05, 4.69) is 50.3 Å². The monoisotopic (exact) mass is 408 g/mol. The molecule has 1 saturated heterocycles. The van der Waals surface area contributed by atoms with Gasteiger partial charge in [-0.05, 0) is 56.6 Å². The molecule has 0 unspecified atom stereocenters. The number of hydrogen-bond acceptors (Lipinski definition) is 5. The Morgan fingerprint density at radius 1 is 1.00 bits per heavy atom. The van der Waals surface area contributed by atoms with Crippen LogP contribution in [0.5, 0.6) is 0 Å². The molecular formula is C24H29FN4O. The van der Waals surface area contributed by atoms with Gasteiger partial charge in [0.15, 0.2) is 0 Å². The van der Waals surface area contributed by atoms with Gasteiger partial charge in [0.1, 0.15) is 5.82 Å². The molecule has 4 rings (SSSR count). The molecule has 5 nitrogen and oxygen atoms in total. The van der Waals surface area contributed by atoms with Crippen molar-refractivity contribution in [2.45, 2.75) is 32.7 Å². The number of benzene rings is 2. The molecule has 1 aliphatic rings. The average Bonchev–Trinajstić information content (AvgIpc) is 3.12. The Labute approximate surface area is 177 Å². The molecule has 0 spiro atoms. The molecule has 0 radical (unpaired) electrons. The lowest BCUT2D eigenvalue weighted by Crippen LogP contribution is -2.31. The fourth-order valence-corrected chi connectivity index (χ4v) is 3.91. The third kappa shape index (κ3) is 5.52. The second-order valence-corrected chi connectivity index (χ2v) is 8.04. The summed E-state index contributed by atoms with van der Waals surface area (Å²) in [4.78, 5) is 9.51. The molecule has 2 aromatic carbocycles. The number of hydrogen-bond donors (Lipinski definition) is 0. The van der Waals surface area contributed by atoms with E-state index in [4.69, 9.17) is 4.52 Å². The molecule has 1 aromatic heterocycles. The molecule has 0 saturated carbocycles. The zero-order valence-corrected chi connectivity index (χ0v) is 17.6. The molecule has 3 aromatic rings. The molecule has 1 aliphatic heterocycles. The highest BCUT2D eigenvalue weighted by molar-refractivity contribution is 5.54. The van der Waals surface area contributed by atoms with Crippen molar-refractivity contribution >= 4 is 0 Å². The van der Waals surface area contributed by atoms with Gasteiger partial charge in [0.05, 0.1) is 0 Å². The van der Waals surface area contributed by atoms with Crippen LogP contribution in [0.4, 0.5) is 4.39 Å². The standard InChI is InChI=1S/C24H29FN4O/c1-19-10-11-21(17-22(19)25)24-26-23(30-27-24)9-5-12-28-13-6-14-29(16-15-28)18-20-7-3-2-4-8-20/h2-4,7-8,10-11,17H,5-6,9,12-16,18H2,1H3. The lowest BCUT2D eigenvalue weighted by atomic mass is 10.1. The van der Waals surface area contributed by atoms with Crippen LogP contribution in [0.2, 0.25) is 0 Å². The predicted molar refractivity (Wildman–Crippen MR) is 116 cm³/mol. The fourth-order valence-electron chi connectivity index (χ4n) is 3.91. The maximum Gasteiger partial charge on any atom is 0.227 e. The van der Waals surface area contributed by atoms with E-state index >= 15 is 0 Å². The van der Waals surface area contributed by atoms with Crippen LogP contribution in [0.1, 0.15) is 29.9 Å². The summed E-state index contributed by atoms with van der Waals surface area (Å²) >= 11 is 0. The number of halogens is 1. The summed E-state index contributed by atoms with van der Waals surface area (Å²) in [5, 5.41) is 4.01. The van der Waals surface area contributed by atoms with Crippen LogP contribution in [0.15, 0.2) is 53.1 Å². The van der Waals surface area contributed by atoms with Gasteiger partial charge in [-0.25, -0.2) is 4.39 Å². The summed E-state index contributed by atoms with van der Waals surface area (Å²) in [5.74, 6) is 0.822. The van der Waals surface area contributed by atoms with Crippen LogP contribution < -0.4 is 0 Å². The molecule has 0 bridgehead atoms. The van der Waals surface area contributed by atoms with Crippen molar-refractivity contribution in [1.29, 1.82) is 0 Å². The first kappa shape index (κ1) is 20.7. The Balaban J connectivity index is 1.23. The molecule has 0 atom stereocenters. The van der Waals surface area contributed by atoms with E-state index in [1.54, 1.807) is 13.0 Å². The van der Waals surface area contributed by atoms with Gasteiger partial charge in [0.2, 0.25) is 11.7 Å². The highest BCUT2D eigenvalue weighted by atomic mass is 19.1. The highest BCUT2D eigenvalue weighted by Gasteiger charge is 2.16. The number of aryl methyl sites for hydroxylation is 2. The quantitative estimate of drug-likeness (QED) is 0.582. The Morgan fingerprint density at radius 2 is 1.80 bits per heavy atom. The maximum atomic E-state index is 13.8. The smallest absolute Gasteiger partial charge is 0.227 e. The van der Waals surface area contributed by atoms with Crippen molar-refractivity contribution in [3.05, 3.63) is 71.4 Å². The van der Waals surface area contributed by atoms with E-state index in [-0.39, 0.29) is 5.82 Å². The van der Waals surface area contributed by atoms with Crippen LogP contribution in [-0.4, -0.2) is 52.7 Å². The molecule has 0 aliphatic carbocycles. The van der Waals surface area contributed by atoms with Crippen LogP contribution >= 0.6 is 0 Å². The molecule has 2 heterocycles. The number of aromatic nitrogens is 2. The second kappa shape index (κ2) is 9.96. The first-order valence-electron chi connectivity index (χ1n) is 10.7. The van der Waals surface area contributed by atoms with Crippen molar-refractivity contribution in [2.24, 2.45) is 0 Å². The van der Waals surface area contributed by atoms with Gasteiger partial charge in [-0.3, -0.25) is 4.90 Å². The summed E-state index contributed by atoms with van der Waals surface area (Å²) < 4.78 is 19.1. The lowest BCUT2D eigenvalue weighted by Gasteiger charge is -2.21. The zero-order chi connectivity index (χ0) is 20.8. The fraction of sp³-hybridized carbons (Fsp3) is 0.417. The summed E-state index contributed by atoms with van der Waals surface area (Å²) in [7, 11) is 0. The molecule has 1 fully saturated rings. The predicted octanol–water partition coefficient (Wildman–Crippen LogP) is 4.32. The van der Waals surface area contributed by atoms with Crippen LogP contribution in [0.25, 0.3) is 11.4 Å². The molecule has 0 N–H and O–H groups in total. The van der Waals surface area contributed by atoms with Gasteiger partial charge in [0.25, 0.3) is 0 Å². The Morgan fingerprint density at radius 3 is 2.63 bits per heavy atom. The van der Waals surface area contributed by atoms with E-state index in [0.717, 1.165) is 52.1 Å². The van der Waals surface area contributed by atoms with Gasteiger partial charge >= 0.3 is 0 Å². The Bertz CT molecular complexity index is 943. The van der Waals surface area contributed by atoms with Crippen molar-refractivity contribution in [3.63, 3.8) is 0 Å². The second-order valence-electron chi connectivity index (χ2n) is 8.04. The van der Waals surface area contributed by atoms with Crippen molar-refractivity contribution in [3.8, 4) is 11.4 Å². The van der Waals surface area contributed by atoms with E-state index in [0.29, 0.717) is 22.8 Å². The van der Waals surface area contributed by atoms with Gasteiger partial charge in [0, 0.05) is 31.6 Å². The lowest BCUT2D eigenvalue weighted by molar-refractivity contribution is 0.248. The molecular weight excluding hydrogens is 379 g/mol. The topological polar surface area (TPSA) is 45.4 Å². The SMILES string of the molecule is Cc1ccc(-c2noc(CCCN3CCCN(Cc4ccccc4)CC3)n2)cc1F. The summed E-state index contributed by atoms with van der Waals surface area (Å²) in [6.07, 6.45) is 2.91. The minimum atomic E-state index is -0.249.